The molecule has 0 radical (unpaired) electrons. The molecular weight excluding hydrogens is 606 g/mol. The summed E-state index contributed by atoms with van der Waals surface area (Å²) in [4.78, 5) is 29.8. The van der Waals surface area contributed by atoms with Crippen LogP contribution >= 0.6 is 0 Å². The summed E-state index contributed by atoms with van der Waals surface area (Å²) in [7, 11) is 3.06. The van der Waals surface area contributed by atoms with Crippen molar-refractivity contribution in [1.29, 1.82) is 0 Å². The number of benzene rings is 2. The minimum atomic E-state index is -2.53. The first-order chi connectivity index (χ1) is 22.5. The fraction of sp³-hybridized carbons (Fsp3) is 0.622. The van der Waals surface area contributed by atoms with Crippen molar-refractivity contribution in [2.45, 2.75) is 84.2 Å². The van der Waals surface area contributed by atoms with Gasteiger partial charge in [0.2, 0.25) is 0 Å². The van der Waals surface area contributed by atoms with Crippen LogP contribution in [0, 0.1) is 17.8 Å². The molecule has 4 unspecified atom stereocenters. The Balaban J connectivity index is 0.000000186. The lowest BCUT2D eigenvalue weighted by atomic mass is 9.80. The van der Waals surface area contributed by atoms with Gasteiger partial charge in [-0.2, -0.15) is 0 Å². The van der Waals surface area contributed by atoms with Gasteiger partial charge in [-0.25, -0.2) is 8.78 Å². The molecule has 0 aromatic heterocycles. The fourth-order valence-corrected chi connectivity index (χ4v) is 7.90. The molecule has 0 aliphatic carbocycles. The monoisotopic (exact) mass is 656 g/mol. The van der Waals surface area contributed by atoms with E-state index in [1.165, 1.54) is 7.11 Å². The van der Waals surface area contributed by atoms with Gasteiger partial charge in [0, 0.05) is 62.9 Å². The summed E-state index contributed by atoms with van der Waals surface area (Å²) in [6.45, 7) is 9.33. The zero-order valence-electron chi connectivity index (χ0n) is 28.4. The fourth-order valence-electron chi connectivity index (χ4n) is 7.90. The number of nitrogens with zero attached hydrogens (tertiary/aromatic N) is 2. The van der Waals surface area contributed by atoms with Crippen molar-refractivity contribution in [3.05, 3.63) is 46.5 Å². The van der Waals surface area contributed by atoms with E-state index in [0.29, 0.717) is 47.6 Å². The lowest BCUT2D eigenvalue weighted by Gasteiger charge is -2.43. The molecule has 258 valence electrons. The van der Waals surface area contributed by atoms with Crippen LogP contribution in [0.5, 0.6) is 23.0 Å². The molecule has 6 rings (SSSR count). The molecule has 2 aromatic rings. The van der Waals surface area contributed by atoms with E-state index in [4.69, 9.17) is 14.2 Å². The molecule has 4 heterocycles. The standard InChI is InChI=1S/C19H25F2NO3.C18H25NO3/c1-3-4-13-10-22-6-5-12-7-18(25-11-19(20)21)17(24-2)8-14(12)15(22)9-16(13)23;1-11(2)6-13-10-19-5-4-12-7-17(21)18(22-3)8-14(12)15(19)9-16(13)20/h7-8,13,15,19H,3-6,9-11H2,1-2H3;7-8,11,13,15,21H,4-6,9-10H2,1-3H3. The van der Waals surface area contributed by atoms with E-state index in [2.05, 4.69) is 30.6 Å². The predicted octanol–water partition coefficient (Wildman–Crippen LogP) is 6.56. The highest BCUT2D eigenvalue weighted by Crippen LogP contribution is 2.44. The number of hydrogen-bond donors (Lipinski definition) is 1. The summed E-state index contributed by atoms with van der Waals surface area (Å²) >= 11 is 0. The minimum Gasteiger partial charge on any atom is -0.504 e. The third-order valence-electron chi connectivity index (χ3n) is 10.2. The second kappa shape index (κ2) is 15.3. The maximum atomic E-state index is 12.5. The lowest BCUT2D eigenvalue weighted by Crippen LogP contribution is -2.46. The molecule has 0 saturated carbocycles. The molecule has 10 heteroatoms. The van der Waals surface area contributed by atoms with Crippen molar-refractivity contribution < 1.29 is 37.7 Å². The highest BCUT2D eigenvalue weighted by molar-refractivity contribution is 5.83. The van der Waals surface area contributed by atoms with Crippen LogP contribution in [0.1, 0.15) is 87.2 Å². The van der Waals surface area contributed by atoms with E-state index in [9.17, 15) is 23.5 Å². The number of Topliss-reactive ketones (excluding diaryl/α,β-unsaturated/α-hetero) is 2. The summed E-state index contributed by atoms with van der Waals surface area (Å²) in [5.41, 5.74) is 4.43. The quantitative estimate of drug-likeness (QED) is 0.325. The molecule has 0 spiro atoms. The Morgan fingerprint density at radius 3 is 1.94 bits per heavy atom. The van der Waals surface area contributed by atoms with Crippen LogP contribution in [0.15, 0.2) is 24.3 Å². The van der Waals surface area contributed by atoms with E-state index in [0.717, 1.165) is 80.5 Å². The molecule has 0 bridgehead atoms. The Morgan fingerprint density at radius 1 is 0.830 bits per heavy atom. The van der Waals surface area contributed by atoms with Crippen molar-refractivity contribution in [1.82, 2.24) is 9.80 Å². The Morgan fingerprint density at radius 2 is 1.38 bits per heavy atom. The highest BCUT2D eigenvalue weighted by atomic mass is 19.3. The largest absolute Gasteiger partial charge is 0.504 e. The third kappa shape index (κ3) is 7.91. The number of carbonyl (C=O) groups is 2. The van der Waals surface area contributed by atoms with Crippen LogP contribution in [0.3, 0.4) is 0 Å². The molecule has 4 atom stereocenters. The van der Waals surface area contributed by atoms with E-state index in [-0.39, 0.29) is 29.7 Å². The van der Waals surface area contributed by atoms with Crippen LogP contribution < -0.4 is 14.2 Å². The van der Waals surface area contributed by atoms with Gasteiger partial charge in [0.25, 0.3) is 6.43 Å². The molecule has 2 fully saturated rings. The smallest absolute Gasteiger partial charge is 0.272 e. The van der Waals surface area contributed by atoms with Gasteiger partial charge in [0.15, 0.2) is 23.0 Å². The van der Waals surface area contributed by atoms with Crippen LogP contribution in [0.4, 0.5) is 8.78 Å². The van der Waals surface area contributed by atoms with Crippen molar-refractivity contribution >= 4 is 11.6 Å². The Kier molecular flexibility index (Phi) is 11.4. The molecule has 0 amide bonds. The summed E-state index contributed by atoms with van der Waals surface area (Å²) < 4.78 is 40.7. The molecular formula is C37H50F2N2O6. The van der Waals surface area contributed by atoms with Gasteiger partial charge >= 0.3 is 0 Å². The minimum absolute atomic E-state index is 0.0578. The van der Waals surface area contributed by atoms with Gasteiger partial charge in [-0.1, -0.05) is 27.2 Å². The number of alkyl halides is 2. The second-order valence-corrected chi connectivity index (χ2v) is 13.8. The SMILES string of the molecule is CCCC1CN2CCc3cc(OCC(F)F)c(OC)cc3C2CC1=O.COc1cc2c(cc1O)CCN1CC(CC(C)C)C(=O)CC21. The number of carbonyl (C=O) groups excluding carboxylic acids is 2. The normalized spacial score (nSPS) is 24.1. The number of methoxy groups -OCH3 is 2. The summed E-state index contributed by atoms with van der Waals surface area (Å²) in [6.07, 6.45) is 3.26. The number of ether oxygens (including phenoxy) is 3. The Bertz CT molecular complexity index is 1430. The summed E-state index contributed by atoms with van der Waals surface area (Å²) in [6, 6.07) is 7.58. The molecule has 2 aromatic carbocycles. The Labute approximate surface area is 277 Å². The van der Waals surface area contributed by atoms with E-state index in [1.807, 2.05) is 12.1 Å². The van der Waals surface area contributed by atoms with Gasteiger partial charge in [-0.15, -0.1) is 0 Å². The van der Waals surface area contributed by atoms with Gasteiger partial charge < -0.3 is 19.3 Å². The number of piperidine rings is 2. The summed E-state index contributed by atoms with van der Waals surface area (Å²) in [5.74, 6) is 3.06. The third-order valence-corrected chi connectivity index (χ3v) is 10.2. The average molecular weight is 657 g/mol. The van der Waals surface area contributed by atoms with Crippen molar-refractivity contribution in [2.24, 2.45) is 17.8 Å². The van der Waals surface area contributed by atoms with Gasteiger partial charge in [0.1, 0.15) is 18.2 Å². The zero-order chi connectivity index (χ0) is 33.8. The molecule has 2 saturated heterocycles. The van der Waals surface area contributed by atoms with Gasteiger partial charge in [0.05, 0.1) is 14.2 Å². The van der Waals surface area contributed by atoms with Crippen LogP contribution in [-0.4, -0.2) is 79.9 Å². The van der Waals surface area contributed by atoms with Crippen LogP contribution in [0.25, 0.3) is 0 Å². The lowest BCUT2D eigenvalue weighted by molar-refractivity contribution is -0.130. The number of fused-ring (bicyclic) bond motifs is 6. The van der Waals surface area contributed by atoms with Crippen LogP contribution in [-0.2, 0) is 22.4 Å². The van der Waals surface area contributed by atoms with Crippen LogP contribution in [0.2, 0.25) is 0 Å². The number of hydrogen-bond acceptors (Lipinski definition) is 8. The number of phenols is 1. The van der Waals surface area contributed by atoms with Crippen molar-refractivity contribution in [2.75, 3.05) is 47.0 Å². The van der Waals surface area contributed by atoms with Crippen molar-refractivity contribution in [3.63, 3.8) is 0 Å². The van der Waals surface area contributed by atoms with Crippen molar-refractivity contribution in [3.8, 4) is 23.0 Å². The topological polar surface area (TPSA) is 88.5 Å². The van der Waals surface area contributed by atoms with Gasteiger partial charge in [-0.3, -0.25) is 19.4 Å². The number of aromatic hydroxyl groups is 1. The number of ketones is 2. The van der Waals surface area contributed by atoms with E-state index >= 15 is 0 Å². The highest BCUT2D eigenvalue weighted by Gasteiger charge is 2.39. The zero-order valence-corrected chi connectivity index (χ0v) is 28.4. The maximum absolute atomic E-state index is 12.5. The summed E-state index contributed by atoms with van der Waals surface area (Å²) in [5, 5.41) is 9.95. The average Bonchev–Trinajstić information content (AvgIpc) is 3.04. The first kappa shape index (κ1) is 35.1. The first-order valence-electron chi connectivity index (χ1n) is 17.1. The molecule has 1 N–H and O–H groups in total. The molecule has 4 aliphatic rings. The van der Waals surface area contributed by atoms with E-state index in [1.54, 1.807) is 19.2 Å². The number of rotatable bonds is 9. The Hall–Kier alpha value is -3.24. The van der Waals surface area contributed by atoms with E-state index < -0.39 is 13.0 Å². The number of halogens is 2. The number of phenolic OH excluding ortho intramolecular Hbond substituents is 1. The predicted molar refractivity (Wildman–Crippen MR) is 176 cm³/mol. The van der Waals surface area contributed by atoms with Gasteiger partial charge in [-0.05, 0) is 78.1 Å². The first-order valence-corrected chi connectivity index (χ1v) is 17.1. The maximum Gasteiger partial charge on any atom is 0.272 e. The molecule has 47 heavy (non-hydrogen) atoms. The molecule has 8 nitrogen and oxygen atoms in total. The molecule has 4 aliphatic heterocycles. The second-order valence-electron chi connectivity index (χ2n) is 13.8.